The van der Waals surface area contributed by atoms with Gasteiger partial charge in [-0.2, -0.15) is 0 Å². The fourth-order valence-electron chi connectivity index (χ4n) is 4.54. The first-order valence-electron chi connectivity index (χ1n) is 13.3. The van der Waals surface area contributed by atoms with Crippen LogP contribution in [0.1, 0.15) is 5.56 Å². The molecule has 5 atom stereocenters. The van der Waals surface area contributed by atoms with E-state index < -0.39 is 106 Å². The van der Waals surface area contributed by atoms with Crippen LogP contribution in [0.15, 0.2) is 57.8 Å². The van der Waals surface area contributed by atoms with Crippen LogP contribution in [-0.2, 0) is 14.3 Å². The zero-order valence-corrected chi connectivity index (χ0v) is 23.2. The topological polar surface area (TPSA) is 277 Å². The zero-order chi connectivity index (χ0) is 33.4. The minimum Gasteiger partial charge on any atom is -0.504 e. The van der Waals surface area contributed by atoms with Gasteiger partial charge in [-0.1, -0.05) is 6.07 Å². The number of phenols is 6. The van der Waals surface area contributed by atoms with E-state index in [4.69, 9.17) is 18.6 Å². The first kappa shape index (κ1) is 31.7. The maximum absolute atomic E-state index is 12.9. The van der Waals surface area contributed by atoms with Gasteiger partial charge in [0, 0.05) is 17.7 Å². The summed E-state index contributed by atoms with van der Waals surface area (Å²) in [6.07, 6.45) is -6.79. The largest absolute Gasteiger partial charge is 0.504 e. The van der Waals surface area contributed by atoms with Gasteiger partial charge in [0.1, 0.15) is 42.0 Å². The molecule has 1 aliphatic heterocycles. The molecule has 0 spiro atoms. The molecule has 242 valence electrons. The predicted octanol–water partition coefficient (Wildman–Crippen LogP) is 0.842. The highest BCUT2D eigenvalue weighted by atomic mass is 16.7. The maximum atomic E-state index is 12.9. The normalized spacial score (nSPS) is 21.4. The average Bonchev–Trinajstić information content (AvgIpc) is 3.02. The van der Waals surface area contributed by atoms with Crippen LogP contribution in [0.25, 0.3) is 28.4 Å². The summed E-state index contributed by atoms with van der Waals surface area (Å²) in [5.74, 6) is -7.11. The lowest BCUT2D eigenvalue weighted by Crippen LogP contribution is -2.60. The monoisotopic (exact) mass is 642 g/mol. The van der Waals surface area contributed by atoms with E-state index in [0.29, 0.717) is 5.56 Å². The van der Waals surface area contributed by atoms with Crippen LogP contribution in [0.2, 0.25) is 0 Å². The van der Waals surface area contributed by atoms with Gasteiger partial charge in [-0.05, 0) is 42.0 Å². The summed E-state index contributed by atoms with van der Waals surface area (Å²) in [5, 5.41) is 101. The number of ether oxygens (including phenoxy) is 3. The van der Waals surface area contributed by atoms with Gasteiger partial charge in [-0.25, -0.2) is 4.79 Å². The molecule has 1 fully saturated rings. The summed E-state index contributed by atoms with van der Waals surface area (Å²) in [5.41, 5.74) is -1.36. The van der Waals surface area contributed by atoms with Crippen LogP contribution < -0.4 is 10.2 Å². The third kappa shape index (κ3) is 6.00. The highest BCUT2D eigenvalue weighted by Crippen LogP contribution is 2.44. The second kappa shape index (κ2) is 12.4. The Bertz CT molecular complexity index is 1900. The molecule has 16 nitrogen and oxygen atoms in total. The van der Waals surface area contributed by atoms with Gasteiger partial charge in [0.15, 0.2) is 40.3 Å². The number of phenolic OH excluding ortho intramolecular Hbond substituents is 6. The fourth-order valence-corrected chi connectivity index (χ4v) is 4.54. The lowest BCUT2D eigenvalue weighted by atomic mass is 9.99. The lowest BCUT2D eigenvalue weighted by molar-refractivity contribution is -0.278. The molecule has 46 heavy (non-hydrogen) atoms. The highest BCUT2D eigenvalue weighted by molar-refractivity contribution is 5.91. The van der Waals surface area contributed by atoms with Crippen molar-refractivity contribution >= 4 is 23.0 Å². The molecule has 0 aliphatic carbocycles. The Morgan fingerprint density at radius 3 is 2.13 bits per heavy atom. The molecule has 4 aromatic rings. The highest BCUT2D eigenvalue weighted by Gasteiger charge is 2.46. The molecule has 1 aliphatic rings. The Balaban J connectivity index is 1.38. The van der Waals surface area contributed by atoms with Crippen LogP contribution in [0.4, 0.5) is 0 Å². The van der Waals surface area contributed by atoms with E-state index in [1.165, 1.54) is 30.3 Å². The Labute approximate surface area is 256 Å². The van der Waals surface area contributed by atoms with E-state index in [0.717, 1.165) is 24.3 Å². The Hall–Kier alpha value is -5.68. The second-order valence-electron chi connectivity index (χ2n) is 10.1. The van der Waals surface area contributed by atoms with E-state index >= 15 is 0 Å². The number of carbonyl (C=O) groups excluding carboxylic acids is 1. The number of aliphatic hydroxyl groups excluding tert-OH is 3. The van der Waals surface area contributed by atoms with E-state index in [-0.39, 0.29) is 11.3 Å². The van der Waals surface area contributed by atoms with Gasteiger partial charge in [0.25, 0.3) is 0 Å². The number of benzene rings is 3. The standard InChI is InChI=1S/C30H26O16/c31-13-4-1-11(7-15(13)33)2-6-20(35)43-10-19-23(37)26(40)28(42)30(46-19)45-18-9-17-21(24(38)22(18)36)25(39)27(41)29(44-17)12-3-5-14(32)16(34)8-12/h1-9,19,23,26,28,30-34,36-38,40-42H,10H2/b6-2-/t19-,23-,26+,28-,30+/m1/s1. The van der Waals surface area contributed by atoms with E-state index in [1.54, 1.807) is 0 Å². The van der Waals surface area contributed by atoms with Crippen LogP contribution in [0, 0.1) is 0 Å². The molecule has 0 amide bonds. The molecule has 10 N–H and O–H groups in total. The number of hydrogen-bond donors (Lipinski definition) is 10. The van der Waals surface area contributed by atoms with Crippen molar-refractivity contribution in [2.75, 3.05) is 6.61 Å². The second-order valence-corrected chi connectivity index (χ2v) is 10.1. The molecular weight excluding hydrogens is 616 g/mol. The number of esters is 1. The van der Waals surface area contributed by atoms with Crippen molar-refractivity contribution < 1.29 is 74.5 Å². The minimum absolute atomic E-state index is 0.0570. The fraction of sp³-hybridized carbons (Fsp3) is 0.200. The molecule has 0 bridgehead atoms. The molecule has 16 heteroatoms. The SMILES string of the molecule is O=C(/C=C\c1ccc(O)c(O)c1)OC[C@H]1O[C@H](Oc2cc3oc(-c4ccc(O)c(O)c4)c(O)c(=O)c3c(O)c2O)[C@H](O)[C@@H](O)[C@@H]1O. The van der Waals surface area contributed by atoms with Crippen molar-refractivity contribution in [1.82, 2.24) is 0 Å². The van der Waals surface area contributed by atoms with E-state index in [2.05, 4.69) is 0 Å². The summed E-state index contributed by atoms with van der Waals surface area (Å²) in [6.45, 7) is -0.666. The van der Waals surface area contributed by atoms with Crippen LogP contribution >= 0.6 is 0 Å². The van der Waals surface area contributed by atoms with Crippen LogP contribution in [-0.4, -0.2) is 94.3 Å². The number of hydrogen-bond acceptors (Lipinski definition) is 16. The van der Waals surface area contributed by atoms with Gasteiger partial charge < -0.3 is 69.7 Å². The van der Waals surface area contributed by atoms with Crippen molar-refractivity contribution in [1.29, 1.82) is 0 Å². The molecule has 5 rings (SSSR count). The minimum atomic E-state index is -1.95. The summed E-state index contributed by atoms with van der Waals surface area (Å²) < 4.78 is 21.5. The number of carbonyl (C=O) groups is 1. The predicted molar refractivity (Wildman–Crippen MR) is 153 cm³/mol. The molecule has 3 aromatic carbocycles. The maximum Gasteiger partial charge on any atom is 0.330 e. The quantitative estimate of drug-likeness (QED) is 0.0759. The Morgan fingerprint density at radius 2 is 1.46 bits per heavy atom. The van der Waals surface area contributed by atoms with Crippen molar-refractivity contribution in [2.24, 2.45) is 0 Å². The molecule has 2 heterocycles. The Kier molecular flexibility index (Phi) is 8.53. The number of fused-ring (bicyclic) bond motifs is 1. The summed E-state index contributed by atoms with van der Waals surface area (Å²) >= 11 is 0. The molecule has 1 saturated heterocycles. The summed E-state index contributed by atoms with van der Waals surface area (Å²) in [6, 6.07) is 7.92. The van der Waals surface area contributed by atoms with Crippen molar-refractivity contribution in [3.05, 3.63) is 64.3 Å². The van der Waals surface area contributed by atoms with E-state index in [1.807, 2.05) is 0 Å². The molecule has 0 unspecified atom stereocenters. The van der Waals surface area contributed by atoms with Gasteiger partial charge in [-0.15, -0.1) is 0 Å². The number of rotatable bonds is 7. The van der Waals surface area contributed by atoms with Gasteiger partial charge in [0.2, 0.25) is 23.2 Å². The van der Waals surface area contributed by atoms with Crippen molar-refractivity contribution in [3.63, 3.8) is 0 Å². The molecule has 0 radical (unpaired) electrons. The number of aliphatic hydroxyl groups is 3. The summed E-state index contributed by atoms with van der Waals surface area (Å²) in [7, 11) is 0. The first-order chi connectivity index (χ1) is 21.8. The average molecular weight is 643 g/mol. The van der Waals surface area contributed by atoms with Gasteiger partial charge in [-0.3, -0.25) is 4.79 Å². The van der Waals surface area contributed by atoms with Gasteiger partial charge in [0.05, 0.1) is 0 Å². The van der Waals surface area contributed by atoms with Crippen LogP contribution in [0.5, 0.6) is 46.0 Å². The zero-order valence-electron chi connectivity index (χ0n) is 23.2. The van der Waals surface area contributed by atoms with Crippen LogP contribution in [0.3, 0.4) is 0 Å². The van der Waals surface area contributed by atoms with Gasteiger partial charge >= 0.3 is 5.97 Å². The first-order valence-corrected chi connectivity index (χ1v) is 13.3. The smallest absolute Gasteiger partial charge is 0.330 e. The molecular formula is C30H26O16. The molecule has 0 saturated carbocycles. The third-order valence-corrected chi connectivity index (χ3v) is 7.02. The third-order valence-electron chi connectivity index (χ3n) is 7.02. The molecule has 1 aromatic heterocycles. The number of aromatic hydroxyl groups is 7. The summed E-state index contributed by atoms with van der Waals surface area (Å²) in [4.78, 5) is 25.1. The lowest BCUT2D eigenvalue weighted by Gasteiger charge is -2.39. The Morgan fingerprint density at radius 1 is 0.783 bits per heavy atom. The van der Waals surface area contributed by atoms with Crippen molar-refractivity contribution in [3.8, 4) is 57.3 Å². The van der Waals surface area contributed by atoms with Crippen molar-refractivity contribution in [2.45, 2.75) is 30.7 Å². The van der Waals surface area contributed by atoms with E-state index in [9.17, 15) is 60.7 Å².